The number of nitrogens with one attached hydrogen (secondary N) is 1. The van der Waals surface area contributed by atoms with Gasteiger partial charge in [-0.3, -0.25) is 4.68 Å². The van der Waals surface area contributed by atoms with Crippen molar-refractivity contribution in [2.45, 2.75) is 46.3 Å². The summed E-state index contributed by atoms with van der Waals surface area (Å²) < 4.78 is 6.98. The van der Waals surface area contributed by atoms with Crippen LogP contribution in [0.2, 0.25) is 0 Å². The van der Waals surface area contributed by atoms with Crippen LogP contribution in [-0.2, 0) is 17.8 Å². The van der Waals surface area contributed by atoms with Crippen molar-refractivity contribution in [3.63, 3.8) is 0 Å². The van der Waals surface area contributed by atoms with Crippen LogP contribution in [0.3, 0.4) is 0 Å². The number of aromatic nitrogens is 2. The summed E-state index contributed by atoms with van der Waals surface area (Å²) in [5.74, 6) is 0. The Kier molecular flexibility index (Phi) is 4.50. The molecule has 1 aromatic rings. The molecule has 16 heavy (non-hydrogen) atoms. The van der Waals surface area contributed by atoms with Crippen molar-refractivity contribution in [3.05, 3.63) is 17.5 Å². The second kappa shape index (κ2) is 5.46. The Hall–Kier alpha value is -0.870. The summed E-state index contributed by atoms with van der Waals surface area (Å²) >= 11 is 0. The number of methoxy groups -OCH3 is 1. The molecule has 0 aliphatic rings. The number of aryl methyl sites for hydroxylation is 1. The van der Waals surface area contributed by atoms with Crippen LogP contribution < -0.4 is 5.32 Å². The molecule has 0 spiro atoms. The molecule has 0 radical (unpaired) electrons. The van der Waals surface area contributed by atoms with E-state index in [2.05, 4.69) is 37.4 Å². The van der Waals surface area contributed by atoms with Crippen LogP contribution >= 0.6 is 0 Å². The highest BCUT2D eigenvalue weighted by atomic mass is 16.5. The van der Waals surface area contributed by atoms with E-state index in [4.69, 9.17) is 4.74 Å². The molecule has 1 N–H and O–H groups in total. The molecule has 1 aromatic heterocycles. The lowest BCUT2D eigenvalue weighted by Crippen LogP contribution is -2.35. The molecular formula is C12H23N3O. The molecular weight excluding hydrogens is 202 g/mol. The smallest absolute Gasteiger partial charge is 0.0658 e. The predicted octanol–water partition coefficient (Wildman–Crippen LogP) is 1.73. The largest absolute Gasteiger partial charge is 0.383 e. The third kappa shape index (κ3) is 4.33. The van der Waals surface area contributed by atoms with Crippen molar-refractivity contribution < 1.29 is 4.74 Å². The number of hydrogen-bond donors (Lipinski definition) is 1. The van der Waals surface area contributed by atoms with Gasteiger partial charge < -0.3 is 10.1 Å². The third-order valence-electron chi connectivity index (χ3n) is 2.38. The normalized spacial score (nSPS) is 12.1. The van der Waals surface area contributed by atoms with Gasteiger partial charge in [0.25, 0.3) is 0 Å². The first-order chi connectivity index (χ1) is 7.42. The summed E-state index contributed by atoms with van der Waals surface area (Å²) in [4.78, 5) is 0. The standard InChI is InChI=1S/C12H23N3O/c1-10-11(8-13-12(2,3)4)9-15(14-10)6-7-16-5/h9,13H,6-8H2,1-5H3. The van der Waals surface area contributed by atoms with Gasteiger partial charge >= 0.3 is 0 Å². The van der Waals surface area contributed by atoms with Gasteiger partial charge in [-0.15, -0.1) is 0 Å². The summed E-state index contributed by atoms with van der Waals surface area (Å²) in [5.41, 5.74) is 2.49. The molecule has 0 saturated heterocycles. The molecule has 0 atom stereocenters. The van der Waals surface area contributed by atoms with Crippen LogP contribution in [0.25, 0.3) is 0 Å². The molecule has 1 heterocycles. The fraction of sp³-hybridized carbons (Fsp3) is 0.750. The highest BCUT2D eigenvalue weighted by molar-refractivity contribution is 5.15. The minimum absolute atomic E-state index is 0.140. The maximum absolute atomic E-state index is 5.03. The summed E-state index contributed by atoms with van der Waals surface area (Å²) in [6.07, 6.45) is 2.09. The van der Waals surface area contributed by atoms with Crippen molar-refractivity contribution in [2.24, 2.45) is 0 Å². The molecule has 0 aromatic carbocycles. The first-order valence-corrected chi connectivity index (χ1v) is 5.69. The maximum Gasteiger partial charge on any atom is 0.0658 e. The fourth-order valence-corrected chi connectivity index (χ4v) is 1.39. The van der Waals surface area contributed by atoms with Crippen LogP contribution in [-0.4, -0.2) is 29.0 Å². The van der Waals surface area contributed by atoms with Gasteiger partial charge in [0.1, 0.15) is 0 Å². The van der Waals surface area contributed by atoms with E-state index in [1.54, 1.807) is 7.11 Å². The van der Waals surface area contributed by atoms with Crippen molar-refractivity contribution in [1.29, 1.82) is 0 Å². The van der Waals surface area contributed by atoms with Gasteiger partial charge in [0, 0.05) is 31.0 Å². The van der Waals surface area contributed by atoms with Gasteiger partial charge in [0.05, 0.1) is 18.8 Å². The lowest BCUT2D eigenvalue weighted by atomic mass is 10.1. The highest BCUT2D eigenvalue weighted by Crippen LogP contribution is 2.08. The Morgan fingerprint density at radius 1 is 1.44 bits per heavy atom. The molecule has 0 fully saturated rings. The molecule has 0 aliphatic carbocycles. The average molecular weight is 225 g/mol. The molecule has 4 heteroatoms. The second-order valence-electron chi connectivity index (χ2n) is 5.10. The Labute approximate surface area is 98.0 Å². The zero-order chi connectivity index (χ0) is 12.2. The van der Waals surface area contributed by atoms with E-state index in [-0.39, 0.29) is 5.54 Å². The summed E-state index contributed by atoms with van der Waals surface area (Å²) in [6, 6.07) is 0. The minimum atomic E-state index is 0.140. The Morgan fingerprint density at radius 2 is 2.12 bits per heavy atom. The van der Waals surface area contributed by atoms with Crippen molar-refractivity contribution in [2.75, 3.05) is 13.7 Å². The number of rotatable bonds is 5. The lowest BCUT2D eigenvalue weighted by molar-refractivity contribution is 0.183. The Bertz CT molecular complexity index is 325. The first-order valence-electron chi connectivity index (χ1n) is 5.69. The van der Waals surface area contributed by atoms with E-state index in [1.807, 2.05) is 11.6 Å². The molecule has 0 unspecified atom stereocenters. The SMILES string of the molecule is COCCn1cc(CNC(C)(C)C)c(C)n1. The van der Waals surface area contributed by atoms with Gasteiger partial charge in [0.2, 0.25) is 0 Å². The van der Waals surface area contributed by atoms with E-state index >= 15 is 0 Å². The van der Waals surface area contributed by atoms with Crippen LogP contribution in [0.15, 0.2) is 6.20 Å². The van der Waals surface area contributed by atoms with Gasteiger partial charge in [-0.25, -0.2) is 0 Å². The third-order valence-corrected chi connectivity index (χ3v) is 2.38. The van der Waals surface area contributed by atoms with E-state index in [0.717, 1.165) is 18.8 Å². The number of hydrogen-bond acceptors (Lipinski definition) is 3. The molecule has 4 nitrogen and oxygen atoms in total. The molecule has 92 valence electrons. The average Bonchev–Trinajstić information content (AvgIpc) is 2.52. The number of nitrogens with zero attached hydrogens (tertiary/aromatic N) is 2. The lowest BCUT2D eigenvalue weighted by Gasteiger charge is -2.20. The summed E-state index contributed by atoms with van der Waals surface area (Å²) in [7, 11) is 1.71. The van der Waals surface area contributed by atoms with Crippen LogP contribution in [0, 0.1) is 6.92 Å². The Morgan fingerprint density at radius 3 is 2.69 bits per heavy atom. The van der Waals surface area contributed by atoms with Crippen molar-refractivity contribution in [3.8, 4) is 0 Å². The van der Waals surface area contributed by atoms with E-state index < -0.39 is 0 Å². The van der Waals surface area contributed by atoms with Gasteiger partial charge in [0.15, 0.2) is 0 Å². The van der Waals surface area contributed by atoms with Crippen molar-refractivity contribution in [1.82, 2.24) is 15.1 Å². The van der Waals surface area contributed by atoms with E-state index in [0.29, 0.717) is 6.61 Å². The van der Waals surface area contributed by atoms with Crippen molar-refractivity contribution >= 4 is 0 Å². The van der Waals surface area contributed by atoms with E-state index in [1.165, 1.54) is 5.56 Å². The summed E-state index contributed by atoms with van der Waals surface area (Å²) in [6.45, 7) is 10.9. The topological polar surface area (TPSA) is 39.1 Å². The minimum Gasteiger partial charge on any atom is -0.383 e. The molecule has 1 rings (SSSR count). The second-order valence-corrected chi connectivity index (χ2v) is 5.10. The van der Waals surface area contributed by atoms with Gasteiger partial charge in [-0.1, -0.05) is 0 Å². The summed E-state index contributed by atoms with van der Waals surface area (Å²) in [5, 5.41) is 7.91. The quantitative estimate of drug-likeness (QED) is 0.829. The van der Waals surface area contributed by atoms with E-state index in [9.17, 15) is 0 Å². The fourth-order valence-electron chi connectivity index (χ4n) is 1.39. The predicted molar refractivity (Wildman–Crippen MR) is 65.4 cm³/mol. The monoisotopic (exact) mass is 225 g/mol. The molecule has 0 aliphatic heterocycles. The Balaban J connectivity index is 2.56. The zero-order valence-corrected chi connectivity index (χ0v) is 11.0. The maximum atomic E-state index is 5.03. The van der Waals surface area contributed by atoms with Gasteiger partial charge in [-0.05, 0) is 27.7 Å². The van der Waals surface area contributed by atoms with Crippen LogP contribution in [0.1, 0.15) is 32.0 Å². The van der Waals surface area contributed by atoms with Crippen LogP contribution in [0.5, 0.6) is 0 Å². The molecule has 0 bridgehead atoms. The molecule has 0 amide bonds. The number of ether oxygens (including phenoxy) is 1. The first kappa shape index (κ1) is 13.2. The molecule has 0 saturated carbocycles. The van der Waals surface area contributed by atoms with Crippen LogP contribution in [0.4, 0.5) is 0 Å². The van der Waals surface area contributed by atoms with Gasteiger partial charge in [-0.2, -0.15) is 5.10 Å². The zero-order valence-electron chi connectivity index (χ0n) is 11.0. The highest BCUT2D eigenvalue weighted by Gasteiger charge is 2.11.